The molecule has 0 aliphatic heterocycles. The Morgan fingerprint density at radius 3 is 2.60 bits per heavy atom. The van der Waals surface area contributed by atoms with Crippen molar-refractivity contribution in [3.8, 4) is 0 Å². The second-order valence-electron chi connectivity index (χ2n) is 5.61. The predicted molar refractivity (Wildman–Crippen MR) is 92.3 cm³/mol. The molecule has 0 bridgehead atoms. The molecule has 2 aromatic carbocycles. The highest BCUT2D eigenvalue weighted by atomic mass is 19.1. The lowest BCUT2D eigenvalue weighted by Crippen LogP contribution is -2.25. The molecule has 6 heteroatoms. The molecule has 0 aliphatic carbocycles. The third kappa shape index (κ3) is 5.69. The van der Waals surface area contributed by atoms with Gasteiger partial charge >= 0.3 is 0 Å². The number of aliphatic hydroxyl groups is 1. The molecule has 2 amide bonds. The average molecular weight is 344 g/mol. The summed E-state index contributed by atoms with van der Waals surface area (Å²) in [6.07, 6.45) is -1.24. The van der Waals surface area contributed by atoms with Crippen LogP contribution in [0.1, 0.15) is 40.9 Å². The smallest absolute Gasteiger partial charge is 0.251 e. The molecule has 2 aromatic rings. The molecule has 5 nitrogen and oxygen atoms in total. The lowest BCUT2D eigenvalue weighted by Gasteiger charge is -2.12. The third-order valence-electron chi connectivity index (χ3n) is 3.63. The Morgan fingerprint density at radius 1 is 1.12 bits per heavy atom. The summed E-state index contributed by atoms with van der Waals surface area (Å²) in [5.41, 5.74) is 1.65. The zero-order chi connectivity index (χ0) is 18.2. The van der Waals surface area contributed by atoms with Crippen molar-refractivity contribution in [3.05, 3.63) is 71.0 Å². The van der Waals surface area contributed by atoms with Gasteiger partial charge in [-0.15, -0.1) is 0 Å². The van der Waals surface area contributed by atoms with Gasteiger partial charge in [-0.2, -0.15) is 0 Å². The molecule has 0 spiro atoms. The molecule has 0 fully saturated rings. The number of nitrogens with one attached hydrogen (secondary N) is 2. The Bertz CT molecular complexity index is 749. The van der Waals surface area contributed by atoms with Gasteiger partial charge in [0, 0.05) is 18.7 Å². The van der Waals surface area contributed by atoms with Gasteiger partial charge in [-0.05, 0) is 42.3 Å². The van der Waals surface area contributed by atoms with E-state index in [-0.39, 0.29) is 24.8 Å². The SMILES string of the molecule is CCNC(=O)c1cccc(CNC(=O)CC(O)c2cccc(F)c2)c1. The van der Waals surface area contributed by atoms with Crippen LogP contribution in [0.4, 0.5) is 4.39 Å². The molecular weight excluding hydrogens is 323 g/mol. The number of rotatable bonds is 7. The fourth-order valence-electron chi connectivity index (χ4n) is 2.37. The minimum Gasteiger partial charge on any atom is -0.388 e. The minimum atomic E-state index is -1.07. The molecule has 0 saturated carbocycles. The van der Waals surface area contributed by atoms with Crippen LogP contribution in [-0.2, 0) is 11.3 Å². The van der Waals surface area contributed by atoms with Crippen LogP contribution >= 0.6 is 0 Å². The molecule has 1 atom stereocenters. The number of halogens is 1. The van der Waals surface area contributed by atoms with Crippen molar-refractivity contribution >= 4 is 11.8 Å². The Kier molecular flexibility index (Phi) is 6.65. The molecule has 0 radical (unpaired) electrons. The van der Waals surface area contributed by atoms with E-state index in [1.54, 1.807) is 30.3 Å². The largest absolute Gasteiger partial charge is 0.388 e. The van der Waals surface area contributed by atoms with Crippen molar-refractivity contribution in [1.82, 2.24) is 10.6 Å². The first-order valence-electron chi connectivity index (χ1n) is 8.07. The highest BCUT2D eigenvalue weighted by Gasteiger charge is 2.13. The van der Waals surface area contributed by atoms with E-state index in [4.69, 9.17) is 0 Å². The van der Waals surface area contributed by atoms with Gasteiger partial charge in [0.2, 0.25) is 5.91 Å². The van der Waals surface area contributed by atoms with Crippen LogP contribution in [0.5, 0.6) is 0 Å². The van der Waals surface area contributed by atoms with Gasteiger partial charge < -0.3 is 15.7 Å². The van der Waals surface area contributed by atoms with Crippen LogP contribution in [0.2, 0.25) is 0 Å². The number of carbonyl (C=O) groups is 2. The van der Waals surface area contributed by atoms with Crippen molar-refractivity contribution in [1.29, 1.82) is 0 Å². The zero-order valence-electron chi connectivity index (χ0n) is 14.0. The summed E-state index contributed by atoms with van der Waals surface area (Å²) < 4.78 is 13.1. The number of aliphatic hydroxyl groups excluding tert-OH is 1. The quantitative estimate of drug-likeness (QED) is 0.721. The third-order valence-corrected chi connectivity index (χ3v) is 3.63. The first kappa shape index (κ1) is 18.6. The summed E-state index contributed by atoms with van der Waals surface area (Å²) in [5.74, 6) is -0.989. The Balaban J connectivity index is 1.89. The number of hydrogen-bond acceptors (Lipinski definition) is 3. The summed E-state index contributed by atoms with van der Waals surface area (Å²) in [7, 11) is 0. The summed E-state index contributed by atoms with van der Waals surface area (Å²) in [6, 6.07) is 12.5. The second kappa shape index (κ2) is 8.94. The average Bonchev–Trinajstić information content (AvgIpc) is 2.60. The van der Waals surface area contributed by atoms with Crippen LogP contribution in [-0.4, -0.2) is 23.5 Å². The van der Waals surface area contributed by atoms with E-state index in [1.807, 2.05) is 6.92 Å². The van der Waals surface area contributed by atoms with E-state index < -0.39 is 11.9 Å². The highest BCUT2D eigenvalue weighted by Crippen LogP contribution is 2.17. The zero-order valence-corrected chi connectivity index (χ0v) is 14.0. The van der Waals surface area contributed by atoms with E-state index in [0.29, 0.717) is 17.7 Å². The maximum atomic E-state index is 13.1. The predicted octanol–water partition coefficient (Wildman–Crippen LogP) is 2.32. The van der Waals surface area contributed by atoms with Crippen LogP contribution in [0.25, 0.3) is 0 Å². The maximum Gasteiger partial charge on any atom is 0.251 e. The molecular formula is C19H21FN2O3. The molecule has 0 aliphatic rings. The van der Waals surface area contributed by atoms with Crippen LogP contribution in [0.3, 0.4) is 0 Å². The Morgan fingerprint density at radius 2 is 1.88 bits per heavy atom. The van der Waals surface area contributed by atoms with Crippen molar-refractivity contribution in [2.24, 2.45) is 0 Å². The molecule has 25 heavy (non-hydrogen) atoms. The lowest BCUT2D eigenvalue weighted by atomic mass is 10.1. The first-order valence-corrected chi connectivity index (χ1v) is 8.07. The maximum absolute atomic E-state index is 13.1. The van der Waals surface area contributed by atoms with Crippen molar-refractivity contribution in [2.75, 3.05) is 6.54 Å². The second-order valence-corrected chi connectivity index (χ2v) is 5.61. The normalized spacial score (nSPS) is 11.6. The molecule has 0 heterocycles. The first-order chi connectivity index (χ1) is 12.0. The van der Waals surface area contributed by atoms with Gasteiger partial charge in [-0.3, -0.25) is 9.59 Å². The minimum absolute atomic E-state index is 0.167. The number of benzene rings is 2. The molecule has 0 aromatic heterocycles. The molecule has 132 valence electrons. The topological polar surface area (TPSA) is 78.4 Å². The van der Waals surface area contributed by atoms with E-state index >= 15 is 0 Å². The van der Waals surface area contributed by atoms with Gasteiger partial charge in [0.05, 0.1) is 12.5 Å². The molecule has 0 saturated heterocycles. The fraction of sp³-hybridized carbons (Fsp3) is 0.263. The summed E-state index contributed by atoms with van der Waals surface area (Å²) in [6.45, 7) is 2.62. The van der Waals surface area contributed by atoms with Gasteiger partial charge in [0.1, 0.15) is 5.82 Å². The van der Waals surface area contributed by atoms with E-state index in [9.17, 15) is 19.1 Å². The lowest BCUT2D eigenvalue weighted by molar-refractivity contribution is -0.123. The van der Waals surface area contributed by atoms with Crippen molar-refractivity contribution in [2.45, 2.75) is 26.0 Å². The summed E-state index contributed by atoms with van der Waals surface area (Å²) in [5, 5.41) is 15.4. The van der Waals surface area contributed by atoms with E-state index in [0.717, 1.165) is 5.56 Å². The molecule has 3 N–H and O–H groups in total. The van der Waals surface area contributed by atoms with Crippen LogP contribution in [0, 0.1) is 5.82 Å². The van der Waals surface area contributed by atoms with Gasteiger partial charge in [0.15, 0.2) is 0 Å². The number of amides is 2. The molecule has 2 rings (SSSR count). The van der Waals surface area contributed by atoms with Gasteiger partial charge in [-0.1, -0.05) is 24.3 Å². The van der Waals surface area contributed by atoms with Crippen molar-refractivity contribution in [3.63, 3.8) is 0 Å². The van der Waals surface area contributed by atoms with Gasteiger partial charge in [-0.25, -0.2) is 4.39 Å². The summed E-state index contributed by atoms with van der Waals surface area (Å²) >= 11 is 0. The summed E-state index contributed by atoms with van der Waals surface area (Å²) in [4.78, 5) is 23.8. The Hall–Kier alpha value is -2.73. The van der Waals surface area contributed by atoms with Gasteiger partial charge in [0.25, 0.3) is 5.91 Å². The number of carbonyl (C=O) groups excluding carboxylic acids is 2. The monoisotopic (exact) mass is 344 g/mol. The standard InChI is InChI=1S/C19H21FN2O3/c1-2-21-19(25)15-7-3-5-13(9-15)12-22-18(24)11-17(23)14-6-4-8-16(20)10-14/h3-10,17,23H,2,11-12H2,1H3,(H,21,25)(H,22,24). The van der Waals surface area contributed by atoms with Crippen LogP contribution in [0.15, 0.2) is 48.5 Å². The van der Waals surface area contributed by atoms with Crippen molar-refractivity contribution < 1.29 is 19.1 Å². The number of hydrogen-bond donors (Lipinski definition) is 3. The highest BCUT2D eigenvalue weighted by molar-refractivity contribution is 5.94. The fourth-order valence-corrected chi connectivity index (χ4v) is 2.37. The van der Waals surface area contributed by atoms with E-state index in [1.165, 1.54) is 18.2 Å². The molecule has 1 unspecified atom stereocenters. The van der Waals surface area contributed by atoms with E-state index in [2.05, 4.69) is 10.6 Å². The van der Waals surface area contributed by atoms with Crippen LogP contribution < -0.4 is 10.6 Å². The Labute approximate surface area is 145 Å².